The van der Waals surface area contributed by atoms with Crippen LogP contribution in [0.4, 0.5) is 11.4 Å². The first-order valence-electron chi connectivity index (χ1n) is 10.5. The van der Waals surface area contributed by atoms with Crippen molar-refractivity contribution in [3.05, 3.63) is 58.7 Å². The van der Waals surface area contributed by atoms with Gasteiger partial charge in [-0.1, -0.05) is 36.4 Å². The lowest BCUT2D eigenvalue weighted by Gasteiger charge is -2.34. The summed E-state index contributed by atoms with van der Waals surface area (Å²) in [4.78, 5) is 29.1. The van der Waals surface area contributed by atoms with Gasteiger partial charge in [-0.25, -0.2) is 0 Å². The van der Waals surface area contributed by atoms with Gasteiger partial charge in [0.25, 0.3) is 0 Å². The Balaban J connectivity index is 1.45. The highest BCUT2D eigenvalue weighted by molar-refractivity contribution is 5.93. The summed E-state index contributed by atoms with van der Waals surface area (Å²) in [5.74, 6) is 0.0844. The first kappa shape index (κ1) is 21.8. The van der Waals surface area contributed by atoms with Crippen LogP contribution in [-0.2, 0) is 9.59 Å². The first-order valence-corrected chi connectivity index (χ1v) is 10.5. The van der Waals surface area contributed by atoms with Crippen LogP contribution in [0, 0.1) is 27.7 Å². The maximum atomic E-state index is 12.6. The van der Waals surface area contributed by atoms with E-state index in [0.717, 1.165) is 33.6 Å². The molecule has 2 aromatic rings. The van der Waals surface area contributed by atoms with Gasteiger partial charge >= 0.3 is 0 Å². The largest absolute Gasteiger partial charge is 0.376 e. The van der Waals surface area contributed by atoms with Crippen molar-refractivity contribution >= 4 is 23.2 Å². The molecule has 1 heterocycles. The van der Waals surface area contributed by atoms with E-state index in [0.29, 0.717) is 39.3 Å². The zero-order valence-electron chi connectivity index (χ0n) is 18.4. The average molecular weight is 409 g/mol. The van der Waals surface area contributed by atoms with E-state index in [-0.39, 0.29) is 11.8 Å². The van der Waals surface area contributed by atoms with E-state index < -0.39 is 0 Å². The normalized spacial score (nSPS) is 14.5. The van der Waals surface area contributed by atoms with E-state index in [2.05, 4.69) is 15.5 Å². The molecular formula is C24H32N4O2. The van der Waals surface area contributed by atoms with E-state index in [4.69, 9.17) is 0 Å². The SMILES string of the molecule is Cc1cccc(C)c1NCC(=O)N1CCN(CC(=O)Nc2c(C)cccc2C)CC1. The fourth-order valence-electron chi connectivity index (χ4n) is 3.92. The van der Waals surface area contributed by atoms with Crippen LogP contribution in [0.3, 0.4) is 0 Å². The van der Waals surface area contributed by atoms with Gasteiger partial charge in [0.1, 0.15) is 0 Å². The quantitative estimate of drug-likeness (QED) is 0.771. The molecule has 0 aromatic heterocycles. The molecule has 0 spiro atoms. The van der Waals surface area contributed by atoms with Crippen molar-refractivity contribution in [2.75, 3.05) is 49.9 Å². The third-order valence-corrected chi connectivity index (χ3v) is 5.74. The summed E-state index contributed by atoms with van der Waals surface area (Å²) in [6.07, 6.45) is 0. The molecule has 2 amide bonds. The first-order chi connectivity index (χ1) is 14.3. The molecular weight excluding hydrogens is 376 g/mol. The summed E-state index contributed by atoms with van der Waals surface area (Å²) in [6, 6.07) is 12.1. The van der Waals surface area contributed by atoms with Crippen LogP contribution in [0.2, 0.25) is 0 Å². The topological polar surface area (TPSA) is 64.7 Å². The Morgan fingerprint density at radius 3 is 1.83 bits per heavy atom. The van der Waals surface area contributed by atoms with E-state index in [1.807, 2.05) is 69.0 Å². The highest BCUT2D eigenvalue weighted by atomic mass is 16.2. The lowest BCUT2D eigenvalue weighted by Crippen LogP contribution is -2.51. The molecule has 0 aliphatic carbocycles. The molecule has 1 fully saturated rings. The number of carbonyl (C=O) groups is 2. The van der Waals surface area contributed by atoms with Gasteiger partial charge in [-0.3, -0.25) is 14.5 Å². The smallest absolute Gasteiger partial charge is 0.241 e. The number of para-hydroxylation sites is 2. The molecule has 0 unspecified atom stereocenters. The standard InChI is InChI=1S/C24H32N4O2/c1-17-7-5-8-18(2)23(17)25-15-22(30)28-13-11-27(12-14-28)16-21(29)26-24-19(3)9-6-10-20(24)4/h5-10,25H,11-16H2,1-4H3,(H,26,29). The van der Waals surface area contributed by atoms with Gasteiger partial charge in [0, 0.05) is 37.6 Å². The Morgan fingerprint density at radius 2 is 1.30 bits per heavy atom. The molecule has 1 aliphatic rings. The van der Waals surface area contributed by atoms with Gasteiger partial charge in [0.05, 0.1) is 13.1 Å². The van der Waals surface area contributed by atoms with Crippen molar-refractivity contribution in [1.82, 2.24) is 9.80 Å². The van der Waals surface area contributed by atoms with Gasteiger partial charge in [0.2, 0.25) is 11.8 Å². The number of amides is 2. The van der Waals surface area contributed by atoms with Crippen LogP contribution >= 0.6 is 0 Å². The highest BCUT2D eigenvalue weighted by Gasteiger charge is 2.22. The van der Waals surface area contributed by atoms with Gasteiger partial charge in [0.15, 0.2) is 0 Å². The van der Waals surface area contributed by atoms with Gasteiger partial charge in [-0.2, -0.15) is 0 Å². The summed E-state index contributed by atoms with van der Waals surface area (Å²) in [5.41, 5.74) is 6.34. The van der Waals surface area contributed by atoms with E-state index in [1.54, 1.807) is 0 Å². The minimum absolute atomic E-state index is 0.0103. The number of hydrogen-bond donors (Lipinski definition) is 2. The van der Waals surface area contributed by atoms with Crippen molar-refractivity contribution in [3.8, 4) is 0 Å². The molecule has 0 saturated carbocycles. The second-order valence-corrected chi connectivity index (χ2v) is 8.09. The van der Waals surface area contributed by atoms with Crippen molar-refractivity contribution in [3.63, 3.8) is 0 Å². The number of rotatable bonds is 6. The van der Waals surface area contributed by atoms with Crippen LogP contribution in [0.15, 0.2) is 36.4 Å². The molecule has 1 aliphatic heterocycles. The monoisotopic (exact) mass is 408 g/mol. The highest BCUT2D eigenvalue weighted by Crippen LogP contribution is 2.20. The predicted octanol–water partition coefficient (Wildman–Crippen LogP) is 3.12. The number of anilines is 2. The fourth-order valence-corrected chi connectivity index (χ4v) is 3.92. The van der Waals surface area contributed by atoms with Crippen molar-refractivity contribution in [2.24, 2.45) is 0 Å². The van der Waals surface area contributed by atoms with Crippen LogP contribution < -0.4 is 10.6 Å². The molecule has 1 saturated heterocycles. The zero-order chi connectivity index (χ0) is 21.7. The Labute approximate surface area is 179 Å². The van der Waals surface area contributed by atoms with E-state index >= 15 is 0 Å². The average Bonchev–Trinajstić information content (AvgIpc) is 2.71. The lowest BCUT2D eigenvalue weighted by atomic mass is 10.1. The number of nitrogens with zero attached hydrogens (tertiary/aromatic N) is 2. The fraction of sp³-hybridized carbons (Fsp3) is 0.417. The van der Waals surface area contributed by atoms with Crippen molar-refractivity contribution in [1.29, 1.82) is 0 Å². The summed E-state index contributed by atoms with van der Waals surface area (Å²) in [5, 5.41) is 6.33. The molecule has 30 heavy (non-hydrogen) atoms. The number of nitrogens with one attached hydrogen (secondary N) is 2. The number of aryl methyl sites for hydroxylation is 4. The molecule has 3 rings (SSSR count). The molecule has 6 heteroatoms. The minimum Gasteiger partial charge on any atom is -0.376 e. The van der Waals surface area contributed by atoms with Crippen molar-refractivity contribution < 1.29 is 9.59 Å². The Bertz CT molecular complexity index is 877. The van der Waals surface area contributed by atoms with Crippen LogP contribution in [0.5, 0.6) is 0 Å². The molecule has 0 atom stereocenters. The second-order valence-electron chi connectivity index (χ2n) is 8.09. The molecule has 0 bridgehead atoms. The molecule has 2 N–H and O–H groups in total. The summed E-state index contributed by atoms with van der Waals surface area (Å²) >= 11 is 0. The van der Waals surface area contributed by atoms with Crippen LogP contribution in [-0.4, -0.2) is 60.9 Å². The molecule has 2 aromatic carbocycles. The Kier molecular flexibility index (Phi) is 7.11. The summed E-state index contributed by atoms with van der Waals surface area (Å²) in [7, 11) is 0. The lowest BCUT2D eigenvalue weighted by molar-refractivity contribution is -0.131. The number of carbonyl (C=O) groups excluding carboxylic acids is 2. The van der Waals surface area contributed by atoms with E-state index in [9.17, 15) is 9.59 Å². The van der Waals surface area contributed by atoms with Gasteiger partial charge in [-0.15, -0.1) is 0 Å². The van der Waals surface area contributed by atoms with Gasteiger partial charge < -0.3 is 15.5 Å². The molecule has 160 valence electrons. The third-order valence-electron chi connectivity index (χ3n) is 5.74. The Morgan fingerprint density at radius 1 is 0.800 bits per heavy atom. The van der Waals surface area contributed by atoms with E-state index in [1.165, 1.54) is 0 Å². The zero-order valence-corrected chi connectivity index (χ0v) is 18.4. The van der Waals surface area contributed by atoms with Crippen LogP contribution in [0.25, 0.3) is 0 Å². The third kappa shape index (κ3) is 5.39. The Hall–Kier alpha value is -2.86. The molecule has 0 radical (unpaired) electrons. The number of hydrogen-bond acceptors (Lipinski definition) is 4. The minimum atomic E-state index is -0.0103. The number of piperazine rings is 1. The summed E-state index contributed by atoms with van der Waals surface area (Å²) < 4.78 is 0. The maximum Gasteiger partial charge on any atom is 0.241 e. The predicted molar refractivity (Wildman–Crippen MR) is 122 cm³/mol. The summed E-state index contributed by atoms with van der Waals surface area (Å²) in [6.45, 7) is 11.4. The van der Waals surface area contributed by atoms with Crippen LogP contribution in [0.1, 0.15) is 22.3 Å². The van der Waals surface area contributed by atoms with Crippen molar-refractivity contribution in [2.45, 2.75) is 27.7 Å². The second kappa shape index (κ2) is 9.76. The molecule has 6 nitrogen and oxygen atoms in total. The maximum absolute atomic E-state index is 12.6. The van der Waals surface area contributed by atoms with Gasteiger partial charge in [-0.05, 0) is 49.9 Å². The number of benzene rings is 2.